The summed E-state index contributed by atoms with van der Waals surface area (Å²) in [7, 11) is -2.59. The summed E-state index contributed by atoms with van der Waals surface area (Å²) in [5.74, 6) is 3.46. The lowest BCUT2D eigenvalue weighted by Gasteiger charge is -2.45. The third kappa shape index (κ3) is 3.48. The number of amides is 1. The van der Waals surface area contributed by atoms with E-state index in [1.807, 2.05) is 6.07 Å². The molecule has 2 saturated heterocycles. The van der Waals surface area contributed by atoms with Crippen LogP contribution in [-0.2, 0) is 19.3 Å². The molecule has 3 aliphatic rings. The number of nitriles is 1. The molecular formula is C19H21N5O3S. The van der Waals surface area contributed by atoms with Gasteiger partial charge in [-0.05, 0) is 25.7 Å². The van der Waals surface area contributed by atoms with Crippen LogP contribution in [-0.4, -0.2) is 56.9 Å². The van der Waals surface area contributed by atoms with Gasteiger partial charge in [0.2, 0.25) is 0 Å². The third-order valence-corrected chi connectivity index (χ3v) is 7.95. The monoisotopic (exact) mass is 399 g/mol. The maximum atomic E-state index is 13.1. The SMILES string of the molecule is C#CC1(C(=O)N=S2(=O)CCC3(CC2)CN(c2cnc(C#N)cn2)CCO3)CC1. The maximum Gasteiger partial charge on any atom is 0.272 e. The molecule has 0 unspecified atom stereocenters. The van der Waals surface area contributed by atoms with Gasteiger partial charge < -0.3 is 9.64 Å². The van der Waals surface area contributed by atoms with Gasteiger partial charge in [-0.25, -0.2) is 14.2 Å². The molecule has 2 aliphatic heterocycles. The Balaban J connectivity index is 1.46. The number of aromatic nitrogens is 2. The van der Waals surface area contributed by atoms with Gasteiger partial charge in [0.15, 0.2) is 5.69 Å². The van der Waals surface area contributed by atoms with Crippen LogP contribution in [0, 0.1) is 29.1 Å². The highest BCUT2D eigenvalue weighted by molar-refractivity contribution is 7.93. The number of anilines is 1. The minimum atomic E-state index is -2.59. The van der Waals surface area contributed by atoms with Crippen LogP contribution in [0.3, 0.4) is 0 Å². The second kappa shape index (κ2) is 6.84. The van der Waals surface area contributed by atoms with E-state index in [0.717, 1.165) is 0 Å². The molecule has 4 rings (SSSR count). The van der Waals surface area contributed by atoms with Crippen LogP contribution in [0.15, 0.2) is 16.8 Å². The smallest absolute Gasteiger partial charge is 0.272 e. The van der Waals surface area contributed by atoms with Crippen LogP contribution in [0.1, 0.15) is 31.4 Å². The Bertz CT molecular complexity index is 980. The number of morpholine rings is 1. The van der Waals surface area contributed by atoms with Crippen LogP contribution in [0.25, 0.3) is 0 Å². The Kier molecular flexibility index (Phi) is 4.60. The summed E-state index contributed by atoms with van der Waals surface area (Å²) < 4.78 is 23.2. The van der Waals surface area contributed by atoms with Crippen molar-refractivity contribution in [2.45, 2.75) is 31.3 Å². The molecule has 3 fully saturated rings. The van der Waals surface area contributed by atoms with Gasteiger partial charge in [-0.3, -0.25) is 4.79 Å². The summed E-state index contributed by atoms with van der Waals surface area (Å²) in [5, 5.41) is 8.86. The predicted molar refractivity (Wildman–Crippen MR) is 103 cm³/mol. The van der Waals surface area contributed by atoms with Crippen molar-refractivity contribution >= 4 is 21.5 Å². The predicted octanol–water partition coefficient (Wildman–Crippen LogP) is 1.13. The van der Waals surface area contributed by atoms with Gasteiger partial charge in [0, 0.05) is 24.6 Å². The fourth-order valence-electron chi connectivity index (χ4n) is 3.68. The molecule has 3 heterocycles. The normalized spacial score (nSPS) is 30.9. The van der Waals surface area contributed by atoms with E-state index >= 15 is 0 Å². The van der Waals surface area contributed by atoms with Gasteiger partial charge in [0.25, 0.3) is 5.91 Å². The summed E-state index contributed by atoms with van der Waals surface area (Å²) in [4.78, 5) is 22.8. The Morgan fingerprint density at radius 2 is 2.04 bits per heavy atom. The number of hydrogen-bond donors (Lipinski definition) is 0. The molecule has 0 aromatic carbocycles. The van der Waals surface area contributed by atoms with Crippen LogP contribution >= 0.6 is 0 Å². The van der Waals surface area contributed by atoms with Gasteiger partial charge in [-0.1, -0.05) is 5.92 Å². The van der Waals surface area contributed by atoms with Gasteiger partial charge in [-0.2, -0.15) is 9.62 Å². The van der Waals surface area contributed by atoms with Crippen molar-refractivity contribution in [3.8, 4) is 18.4 Å². The fourth-order valence-corrected chi connectivity index (χ4v) is 5.92. The average Bonchev–Trinajstić information content (AvgIpc) is 3.53. The van der Waals surface area contributed by atoms with Crippen LogP contribution in [0.5, 0.6) is 0 Å². The molecule has 1 aromatic rings. The van der Waals surface area contributed by atoms with E-state index in [4.69, 9.17) is 16.4 Å². The first-order valence-corrected chi connectivity index (χ1v) is 11.1. The van der Waals surface area contributed by atoms with E-state index < -0.39 is 26.7 Å². The molecule has 1 aromatic heterocycles. The lowest BCUT2D eigenvalue weighted by molar-refractivity contribution is -0.120. The number of terminal acetylenes is 1. The molecule has 1 aliphatic carbocycles. The highest BCUT2D eigenvalue weighted by Crippen LogP contribution is 2.46. The van der Waals surface area contributed by atoms with Crippen LogP contribution in [0.2, 0.25) is 0 Å². The number of nitrogens with zero attached hydrogens (tertiary/aromatic N) is 5. The second-order valence-corrected chi connectivity index (χ2v) is 10.2. The Morgan fingerprint density at radius 3 is 2.61 bits per heavy atom. The van der Waals surface area contributed by atoms with Crippen LogP contribution in [0.4, 0.5) is 5.82 Å². The van der Waals surface area contributed by atoms with Crippen molar-refractivity contribution in [3.05, 3.63) is 18.1 Å². The van der Waals surface area contributed by atoms with Gasteiger partial charge in [-0.15, -0.1) is 6.42 Å². The summed E-state index contributed by atoms with van der Waals surface area (Å²) >= 11 is 0. The molecule has 0 N–H and O–H groups in total. The molecular weight excluding hydrogens is 378 g/mol. The zero-order chi connectivity index (χ0) is 19.8. The van der Waals surface area contributed by atoms with Crippen molar-refractivity contribution in [1.29, 1.82) is 5.26 Å². The Hall–Kier alpha value is -2.49. The minimum absolute atomic E-state index is 0.274. The number of hydrogen-bond acceptors (Lipinski definition) is 7. The van der Waals surface area contributed by atoms with E-state index in [-0.39, 0.29) is 5.69 Å². The van der Waals surface area contributed by atoms with E-state index in [0.29, 0.717) is 62.7 Å². The maximum absolute atomic E-state index is 13.1. The molecule has 1 amide bonds. The Labute approximate surface area is 164 Å². The Morgan fingerprint density at radius 1 is 1.29 bits per heavy atom. The standard InChI is InChI=1S/C19H21N5O3S/c1-2-18(3-4-18)17(25)23-28(26)9-5-19(6-10-28)14-24(7-8-27-19)16-13-21-15(11-20)12-22-16/h1,12-13H,3-10,14H2. The first-order chi connectivity index (χ1) is 13.4. The topological polar surface area (TPSA) is 109 Å². The van der Waals surface area contributed by atoms with Gasteiger partial charge in [0.05, 0.1) is 34.3 Å². The van der Waals surface area contributed by atoms with E-state index in [9.17, 15) is 9.00 Å². The molecule has 8 nitrogen and oxygen atoms in total. The molecule has 0 atom stereocenters. The van der Waals surface area contributed by atoms with Crippen molar-refractivity contribution in [3.63, 3.8) is 0 Å². The molecule has 0 bridgehead atoms. The molecule has 0 radical (unpaired) electrons. The van der Waals surface area contributed by atoms with Crippen molar-refractivity contribution in [2.75, 3.05) is 36.1 Å². The lowest BCUT2D eigenvalue weighted by Crippen LogP contribution is -2.55. The summed E-state index contributed by atoms with van der Waals surface area (Å²) in [6, 6.07) is 1.96. The van der Waals surface area contributed by atoms with Gasteiger partial charge >= 0.3 is 0 Å². The number of carbonyl (C=O) groups excluding carboxylic acids is 1. The molecule has 9 heteroatoms. The summed E-state index contributed by atoms with van der Waals surface area (Å²) in [5.41, 5.74) is -0.960. The lowest BCUT2D eigenvalue weighted by atomic mass is 9.94. The first kappa shape index (κ1) is 18.9. The number of carbonyl (C=O) groups is 1. The second-order valence-electron chi connectivity index (χ2n) is 7.63. The highest BCUT2D eigenvalue weighted by Gasteiger charge is 2.49. The largest absolute Gasteiger partial charge is 0.371 e. The minimum Gasteiger partial charge on any atom is -0.371 e. The van der Waals surface area contributed by atoms with Crippen molar-refractivity contribution < 1.29 is 13.7 Å². The average molecular weight is 399 g/mol. The summed E-state index contributed by atoms with van der Waals surface area (Å²) in [6.45, 7) is 1.80. The van der Waals surface area contributed by atoms with E-state index in [1.54, 1.807) is 6.20 Å². The number of rotatable bonds is 2. The zero-order valence-corrected chi connectivity index (χ0v) is 16.3. The van der Waals surface area contributed by atoms with E-state index in [1.165, 1.54) is 6.20 Å². The fraction of sp³-hybridized carbons (Fsp3) is 0.579. The molecule has 146 valence electrons. The van der Waals surface area contributed by atoms with Crippen molar-refractivity contribution in [1.82, 2.24) is 9.97 Å². The zero-order valence-electron chi connectivity index (χ0n) is 15.5. The van der Waals surface area contributed by atoms with Crippen LogP contribution < -0.4 is 4.90 Å². The first-order valence-electron chi connectivity index (χ1n) is 9.27. The molecule has 1 spiro atoms. The number of ether oxygens (including phenoxy) is 1. The highest BCUT2D eigenvalue weighted by atomic mass is 32.2. The van der Waals surface area contributed by atoms with E-state index in [2.05, 4.69) is 25.2 Å². The quantitative estimate of drug-likeness (QED) is 0.686. The molecule has 28 heavy (non-hydrogen) atoms. The molecule has 1 saturated carbocycles. The van der Waals surface area contributed by atoms with Crippen molar-refractivity contribution in [2.24, 2.45) is 9.78 Å². The summed E-state index contributed by atoms with van der Waals surface area (Å²) in [6.07, 6.45) is 10.9. The van der Waals surface area contributed by atoms with Gasteiger partial charge in [0.1, 0.15) is 17.3 Å². The third-order valence-electron chi connectivity index (χ3n) is 5.76.